The first kappa shape index (κ1) is 22.1. The Labute approximate surface area is 199 Å². The van der Waals surface area contributed by atoms with Crippen molar-refractivity contribution in [2.45, 2.75) is 30.9 Å². The van der Waals surface area contributed by atoms with Gasteiger partial charge in [0.05, 0.1) is 30.3 Å². The summed E-state index contributed by atoms with van der Waals surface area (Å²) < 4.78 is 34.8. The fraction of sp³-hybridized carbons (Fsp3) is 0.478. The molecule has 2 N–H and O–H groups in total. The van der Waals surface area contributed by atoms with Crippen LogP contribution in [0.25, 0.3) is 16.9 Å². The van der Waals surface area contributed by atoms with Gasteiger partial charge >= 0.3 is 0 Å². The van der Waals surface area contributed by atoms with Crippen molar-refractivity contribution in [2.24, 2.45) is 0 Å². The third-order valence-electron chi connectivity index (χ3n) is 6.65. The molecule has 2 aromatic heterocycles. The van der Waals surface area contributed by atoms with Gasteiger partial charge in [-0.2, -0.15) is 9.97 Å². The number of hydrogen-bond acceptors (Lipinski definition) is 8. The van der Waals surface area contributed by atoms with E-state index in [4.69, 9.17) is 4.74 Å². The van der Waals surface area contributed by atoms with Crippen molar-refractivity contribution in [1.29, 1.82) is 0 Å². The van der Waals surface area contributed by atoms with Gasteiger partial charge in [0.15, 0.2) is 5.82 Å². The highest BCUT2D eigenvalue weighted by molar-refractivity contribution is 5.88. The molecule has 184 valence electrons. The average Bonchev–Trinajstić information content (AvgIpc) is 3.47. The van der Waals surface area contributed by atoms with E-state index in [2.05, 4.69) is 20.3 Å². The highest BCUT2D eigenvalue weighted by Gasteiger charge is 2.52. The summed E-state index contributed by atoms with van der Waals surface area (Å²) >= 11 is 0. The standard InChI is InChI=1S/C23H25F2N7O3/c24-19(25)20-27-15-3-1-2-4-16(15)32(20)18-11-17(28-22(29-18)30-7-9-35-10-8-30)26-14-12-31(13-14)21(33)23(34)5-6-23/h1-4,11,14,19,34H,5-10,12-13H2,(H,26,28,29). The molecule has 4 heterocycles. The number of anilines is 2. The Morgan fingerprint density at radius 3 is 2.60 bits per heavy atom. The number of rotatable bonds is 6. The molecular weight excluding hydrogens is 460 g/mol. The van der Waals surface area contributed by atoms with Crippen LogP contribution in [0.3, 0.4) is 0 Å². The second-order valence-electron chi connectivity index (χ2n) is 9.19. The van der Waals surface area contributed by atoms with Crippen molar-refractivity contribution in [3.63, 3.8) is 0 Å². The number of imidazole rings is 1. The van der Waals surface area contributed by atoms with Crippen molar-refractivity contribution in [3.8, 4) is 5.82 Å². The molecule has 0 spiro atoms. The number of carbonyl (C=O) groups excluding carboxylic acids is 1. The number of nitrogens with one attached hydrogen (secondary N) is 1. The molecular formula is C23H25F2N7O3. The minimum absolute atomic E-state index is 0.0734. The van der Waals surface area contributed by atoms with E-state index in [1.165, 1.54) is 4.57 Å². The molecule has 12 heteroatoms. The Kier molecular flexibility index (Phi) is 5.29. The molecule has 3 aromatic rings. The molecule has 35 heavy (non-hydrogen) atoms. The van der Waals surface area contributed by atoms with Crippen molar-refractivity contribution < 1.29 is 23.4 Å². The Bertz CT molecular complexity index is 1270. The van der Waals surface area contributed by atoms with Crippen LogP contribution in [0.5, 0.6) is 0 Å². The van der Waals surface area contributed by atoms with Gasteiger partial charge in [0, 0.05) is 32.2 Å². The topological polar surface area (TPSA) is 109 Å². The summed E-state index contributed by atoms with van der Waals surface area (Å²) in [5.74, 6) is 0.538. The number of carbonyl (C=O) groups is 1. The van der Waals surface area contributed by atoms with E-state index in [0.29, 0.717) is 75.0 Å². The van der Waals surface area contributed by atoms with E-state index >= 15 is 0 Å². The minimum Gasteiger partial charge on any atom is -0.380 e. The average molecular weight is 485 g/mol. The van der Waals surface area contributed by atoms with Crippen LogP contribution in [0.15, 0.2) is 30.3 Å². The number of aromatic nitrogens is 4. The zero-order chi connectivity index (χ0) is 24.2. The summed E-state index contributed by atoms with van der Waals surface area (Å²) in [6, 6.07) is 8.50. The van der Waals surface area contributed by atoms with Gasteiger partial charge in [0.25, 0.3) is 12.3 Å². The molecule has 3 fully saturated rings. The van der Waals surface area contributed by atoms with Crippen molar-refractivity contribution >= 4 is 28.7 Å². The Morgan fingerprint density at radius 2 is 1.89 bits per heavy atom. The molecule has 3 aliphatic rings. The monoisotopic (exact) mass is 485 g/mol. The summed E-state index contributed by atoms with van der Waals surface area (Å²) in [5.41, 5.74) is -0.210. The summed E-state index contributed by atoms with van der Waals surface area (Å²) in [4.78, 5) is 29.3. The van der Waals surface area contributed by atoms with Crippen molar-refractivity contribution in [1.82, 2.24) is 24.4 Å². The van der Waals surface area contributed by atoms with Crippen LogP contribution >= 0.6 is 0 Å². The van der Waals surface area contributed by atoms with Gasteiger partial charge < -0.3 is 25.0 Å². The molecule has 1 amide bonds. The number of likely N-dealkylation sites (tertiary alicyclic amines) is 1. The molecule has 1 saturated carbocycles. The molecule has 0 atom stereocenters. The molecule has 2 saturated heterocycles. The van der Waals surface area contributed by atoms with Gasteiger partial charge in [-0.05, 0) is 25.0 Å². The van der Waals surface area contributed by atoms with E-state index < -0.39 is 12.0 Å². The van der Waals surface area contributed by atoms with Crippen LogP contribution in [-0.2, 0) is 9.53 Å². The maximum Gasteiger partial charge on any atom is 0.296 e. The number of hydrogen-bond donors (Lipinski definition) is 2. The first-order valence-corrected chi connectivity index (χ1v) is 11.7. The molecule has 1 aromatic carbocycles. The van der Waals surface area contributed by atoms with E-state index in [0.717, 1.165) is 0 Å². The molecule has 6 rings (SSSR count). The molecule has 2 aliphatic heterocycles. The first-order valence-electron chi connectivity index (χ1n) is 11.7. The predicted octanol–water partition coefficient (Wildman–Crippen LogP) is 1.74. The van der Waals surface area contributed by atoms with Gasteiger partial charge in [0.1, 0.15) is 17.2 Å². The lowest BCUT2D eigenvalue weighted by molar-refractivity contribution is -0.146. The minimum atomic E-state index is -2.79. The smallest absolute Gasteiger partial charge is 0.296 e. The number of aliphatic hydroxyl groups is 1. The number of alkyl halides is 2. The fourth-order valence-corrected chi connectivity index (χ4v) is 4.52. The quantitative estimate of drug-likeness (QED) is 0.544. The SMILES string of the molecule is O=C(N1CC(Nc2cc(-n3c(C(F)F)nc4ccccc43)nc(N3CCOCC3)n2)C1)C1(O)CC1. The fourth-order valence-electron chi connectivity index (χ4n) is 4.52. The van der Waals surface area contributed by atoms with Gasteiger partial charge in [0.2, 0.25) is 5.95 Å². The number of halogens is 2. The molecule has 1 aliphatic carbocycles. The lowest BCUT2D eigenvalue weighted by Crippen LogP contribution is -2.59. The molecule has 10 nitrogen and oxygen atoms in total. The Hall–Kier alpha value is -3.38. The lowest BCUT2D eigenvalue weighted by Gasteiger charge is -2.41. The van der Waals surface area contributed by atoms with Crippen molar-refractivity contribution in [3.05, 3.63) is 36.2 Å². The number of para-hydroxylation sites is 2. The highest BCUT2D eigenvalue weighted by atomic mass is 19.3. The van der Waals surface area contributed by atoms with Gasteiger partial charge in [-0.1, -0.05) is 12.1 Å². The summed E-state index contributed by atoms with van der Waals surface area (Å²) in [7, 11) is 0. The van der Waals surface area contributed by atoms with E-state index in [9.17, 15) is 18.7 Å². The van der Waals surface area contributed by atoms with E-state index in [1.807, 2.05) is 4.90 Å². The summed E-state index contributed by atoms with van der Waals surface area (Å²) in [6.45, 7) is 3.08. The van der Waals surface area contributed by atoms with Crippen LogP contribution in [-0.4, -0.2) is 86.5 Å². The Balaban J connectivity index is 1.34. The second-order valence-corrected chi connectivity index (χ2v) is 9.19. The first-order chi connectivity index (χ1) is 16.9. The third kappa shape index (κ3) is 4.06. The maximum atomic E-state index is 14.0. The highest BCUT2D eigenvalue weighted by Crippen LogP contribution is 2.38. The van der Waals surface area contributed by atoms with Gasteiger partial charge in [-0.25, -0.2) is 13.8 Å². The van der Waals surface area contributed by atoms with Crippen LogP contribution in [0.1, 0.15) is 25.1 Å². The number of amides is 1. The van der Waals surface area contributed by atoms with E-state index in [1.54, 1.807) is 35.2 Å². The Morgan fingerprint density at radius 1 is 1.14 bits per heavy atom. The zero-order valence-electron chi connectivity index (χ0n) is 18.9. The maximum absolute atomic E-state index is 14.0. The zero-order valence-corrected chi connectivity index (χ0v) is 18.9. The molecule has 0 bridgehead atoms. The second kappa shape index (κ2) is 8.38. The van der Waals surface area contributed by atoms with Crippen LogP contribution in [0.2, 0.25) is 0 Å². The van der Waals surface area contributed by atoms with Gasteiger partial charge in [-0.15, -0.1) is 0 Å². The largest absolute Gasteiger partial charge is 0.380 e. The number of fused-ring (bicyclic) bond motifs is 1. The van der Waals surface area contributed by atoms with Crippen LogP contribution in [0.4, 0.5) is 20.5 Å². The third-order valence-corrected chi connectivity index (χ3v) is 6.65. The lowest BCUT2D eigenvalue weighted by atomic mass is 10.1. The number of benzene rings is 1. The van der Waals surface area contributed by atoms with Gasteiger partial charge in [-0.3, -0.25) is 9.36 Å². The van der Waals surface area contributed by atoms with Crippen LogP contribution in [0, 0.1) is 0 Å². The van der Waals surface area contributed by atoms with Crippen molar-refractivity contribution in [2.75, 3.05) is 49.6 Å². The summed E-state index contributed by atoms with van der Waals surface area (Å²) in [5, 5.41) is 13.4. The predicted molar refractivity (Wildman–Crippen MR) is 123 cm³/mol. The number of morpholine rings is 1. The van der Waals surface area contributed by atoms with E-state index in [-0.39, 0.29) is 23.6 Å². The molecule has 0 unspecified atom stereocenters. The number of ether oxygens (including phenoxy) is 1. The number of nitrogens with zero attached hydrogens (tertiary/aromatic N) is 6. The van der Waals surface area contributed by atoms with Crippen LogP contribution < -0.4 is 10.2 Å². The summed E-state index contributed by atoms with van der Waals surface area (Å²) in [6.07, 6.45) is -1.78. The molecule has 0 radical (unpaired) electrons. The normalized spacial score (nSPS) is 19.8.